The molecule has 1 aromatic carbocycles. The number of hydrogen-bond donors (Lipinski definition) is 2. The lowest BCUT2D eigenvalue weighted by Crippen LogP contribution is -2.36. The number of nitrogens with zero attached hydrogens (tertiary/aromatic N) is 1. The van der Waals surface area contributed by atoms with Crippen LogP contribution >= 0.6 is 0 Å². The van der Waals surface area contributed by atoms with Crippen LogP contribution in [0, 0.1) is 0 Å². The number of pyridine rings is 1. The molecular weight excluding hydrogens is 426 g/mol. The van der Waals surface area contributed by atoms with Gasteiger partial charge in [-0.3, -0.25) is 4.98 Å². The van der Waals surface area contributed by atoms with Gasteiger partial charge in [-0.1, -0.05) is 63.8 Å². The molecule has 0 saturated carbocycles. The maximum atomic E-state index is 4.65. The van der Waals surface area contributed by atoms with Crippen LogP contribution in [0.15, 0.2) is 73.6 Å². The molecule has 2 heterocycles. The zero-order valence-electron chi connectivity index (χ0n) is 22.1. The first-order valence-electron chi connectivity index (χ1n) is 13.2. The molecule has 0 bridgehead atoms. The molecule has 3 heteroatoms. The van der Waals surface area contributed by atoms with Crippen molar-refractivity contribution in [1.29, 1.82) is 0 Å². The van der Waals surface area contributed by atoms with Crippen LogP contribution in [0.5, 0.6) is 0 Å². The Morgan fingerprint density at radius 3 is 2.66 bits per heavy atom. The third-order valence-corrected chi connectivity index (χ3v) is 6.94. The van der Waals surface area contributed by atoms with Crippen molar-refractivity contribution in [2.24, 2.45) is 0 Å². The van der Waals surface area contributed by atoms with E-state index < -0.39 is 0 Å². The van der Waals surface area contributed by atoms with Crippen molar-refractivity contribution in [3.63, 3.8) is 0 Å². The second kappa shape index (κ2) is 13.3. The second-order valence-electron chi connectivity index (χ2n) is 9.66. The van der Waals surface area contributed by atoms with E-state index in [1.54, 1.807) is 0 Å². The van der Waals surface area contributed by atoms with Crippen LogP contribution < -0.4 is 10.6 Å². The van der Waals surface area contributed by atoms with Crippen molar-refractivity contribution >= 4 is 11.1 Å². The van der Waals surface area contributed by atoms with E-state index >= 15 is 0 Å². The maximum Gasteiger partial charge on any atom is 0.0653 e. The Bertz CT molecular complexity index is 1060. The first-order valence-corrected chi connectivity index (χ1v) is 13.2. The van der Waals surface area contributed by atoms with E-state index in [1.807, 2.05) is 19.2 Å². The predicted octanol–water partition coefficient (Wildman–Crippen LogP) is 7.25. The highest BCUT2D eigenvalue weighted by Crippen LogP contribution is 2.32. The van der Waals surface area contributed by atoms with Gasteiger partial charge in [0.15, 0.2) is 0 Å². The van der Waals surface area contributed by atoms with E-state index in [4.69, 9.17) is 0 Å². The summed E-state index contributed by atoms with van der Waals surface area (Å²) in [5.41, 5.74) is 11.0. The van der Waals surface area contributed by atoms with Crippen LogP contribution in [0.2, 0.25) is 0 Å². The molecule has 0 saturated heterocycles. The summed E-state index contributed by atoms with van der Waals surface area (Å²) in [5.74, 6) is 0. The highest BCUT2D eigenvalue weighted by atomic mass is 15.0. The molecule has 0 radical (unpaired) electrons. The molecule has 2 N–H and O–H groups in total. The molecule has 0 amide bonds. The van der Waals surface area contributed by atoms with E-state index in [0.717, 1.165) is 62.0 Å². The fraction of sp³-hybridized carbons (Fsp3) is 0.406. The summed E-state index contributed by atoms with van der Waals surface area (Å²) >= 11 is 0. The molecule has 2 aromatic rings. The topological polar surface area (TPSA) is 37.0 Å². The average Bonchev–Trinajstić information content (AvgIpc) is 2.87. The largest absolute Gasteiger partial charge is 0.385 e. The summed E-state index contributed by atoms with van der Waals surface area (Å²) in [4.78, 5) is 4.62. The van der Waals surface area contributed by atoms with E-state index in [2.05, 4.69) is 79.5 Å². The van der Waals surface area contributed by atoms with Gasteiger partial charge in [0.1, 0.15) is 0 Å². The van der Waals surface area contributed by atoms with Crippen LogP contribution in [0.4, 0.5) is 0 Å². The highest BCUT2D eigenvalue weighted by molar-refractivity contribution is 5.81. The summed E-state index contributed by atoms with van der Waals surface area (Å²) in [6.07, 6.45) is 11.4. The molecule has 0 aliphatic carbocycles. The van der Waals surface area contributed by atoms with E-state index in [0.29, 0.717) is 6.04 Å². The van der Waals surface area contributed by atoms with E-state index in [1.165, 1.54) is 46.4 Å². The van der Waals surface area contributed by atoms with Crippen LogP contribution in [-0.2, 0) is 12.8 Å². The van der Waals surface area contributed by atoms with Gasteiger partial charge in [0.25, 0.3) is 0 Å². The fourth-order valence-electron chi connectivity index (χ4n) is 4.94. The van der Waals surface area contributed by atoms with Crippen LogP contribution in [0.3, 0.4) is 0 Å². The number of allylic oxidation sites excluding steroid dienone is 2. The molecule has 35 heavy (non-hydrogen) atoms. The minimum atomic E-state index is 0.480. The van der Waals surface area contributed by atoms with Gasteiger partial charge in [0.05, 0.1) is 5.69 Å². The van der Waals surface area contributed by atoms with E-state index in [9.17, 15) is 0 Å². The Morgan fingerprint density at radius 1 is 1.17 bits per heavy atom. The molecule has 186 valence electrons. The standard InChI is InChI=1S/C32H43N3/c1-7-10-14-27(12-8-2)35-32-18-19-33-22-30(32)24(6)28-15-11-13-26(9-3)29(28)20-25-16-17-31(23(4)5)34-21-25/h7,11,13,15-17,21,27,33,35H,1,4,6,8-10,12,14,18-20,22H2,2-3,5H3. The summed E-state index contributed by atoms with van der Waals surface area (Å²) in [6, 6.07) is 11.4. The van der Waals surface area contributed by atoms with Crippen LogP contribution in [0.1, 0.15) is 80.8 Å². The lowest BCUT2D eigenvalue weighted by atomic mass is 9.86. The first-order chi connectivity index (χ1) is 17.0. The zero-order valence-corrected chi connectivity index (χ0v) is 22.1. The molecule has 0 fully saturated rings. The van der Waals surface area contributed by atoms with Crippen LogP contribution in [0.25, 0.3) is 11.1 Å². The molecule has 1 aliphatic rings. The minimum absolute atomic E-state index is 0.480. The Labute approximate surface area is 213 Å². The highest BCUT2D eigenvalue weighted by Gasteiger charge is 2.21. The number of rotatable bonds is 13. The molecule has 1 aromatic heterocycles. The van der Waals surface area contributed by atoms with Gasteiger partial charge in [-0.15, -0.1) is 6.58 Å². The summed E-state index contributed by atoms with van der Waals surface area (Å²) in [7, 11) is 0. The Hall–Kier alpha value is -2.91. The first kappa shape index (κ1) is 26.7. The van der Waals surface area contributed by atoms with Gasteiger partial charge in [-0.2, -0.15) is 0 Å². The number of hydrogen-bond acceptors (Lipinski definition) is 3. The average molecular weight is 470 g/mol. The van der Waals surface area contributed by atoms with Crippen molar-refractivity contribution in [2.45, 2.75) is 71.8 Å². The van der Waals surface area contributed by atoms with Gasteiger partial charge in [-0.05, 0) is 90.5 Å². The van der Waals surface area contributed by atoms with Crippen LogP contribution in [-0.4, -0.2) is 24.1 Å². The molecule has 3 nitrogen and oxygen atoms in total. The quantitative estimate of drug-likeness (QED) is 0.303. The van der Waals surface area contributed by atoms with Gasteiger partial charge in [0, 0.05) is 31.0 Å². The van der Waals surface area contributed by atoms with Gasteiger partial charge < -0.3 is 10.6 Å². The number of nitrogens with one attached hydrogen (secondary N) is 2. The predicted molar refractivity (Wildman–Crippen MR) is 152 cm³/mol. The summed E-state index contributed by atoms with van der Waals surface area (Å²) in [5, 5.41) is 7.51. The molecule has 3 rings (SSSR count). The van der Waals surface area contributed by atoms with Gasteiger partial charge >= 0.3 is 0 Å². The Balaban J connectivity index is 1.95. The van der Waals surface area contributed by atoms with Gasteiger partial charge in [0.2, 0.25) is 0 Å². The minimum Gasteiger partial charge on any atom is -0.385 e. The van der Waals surface area contributed by atoms with Crippen molar-refractivity contribution in [1.82, 2.24) is 15.6 Å². The normalized spacial score (nSPS) is 14.5. The lowest BCUT2D eigenvalue weighted by molar-refractivity contribution is 0.471. The van der Waals surface area contributed by atoms with Crippen molar-refractivity contribution < 1.29 is 0 Å². The number of aromatic nitrogens is 1. The monoisotopic (exact) mass is 469 g/mol. The molecule has 0 spiro atoms. The van der Waals surface area contributed by atoms with Crippen molar-refractivity contribution in [3.05, 3.63) is 102 Å². The second-order valence-corrected chi connectivity index (χ2v) is 9.66. The SMILES string of the molecule is C=CCCC(CCC)NC1=C(C(=C)c2cccc(CC)c2Cc2ccc(C(=C)C)nc2)CNCC1. The fourth-order valence-corrected chi connectivity index (χ4v) is 4.94. The summed E-state index contributed by atoms with van der Waals surface area (Å²) < 4.78 is 0. The maximum absolute atomic E-state index is 4.65. The Kier molecular flexibility index (Phi) is 10.1. The molecule has 1 aliphatic heterocycles. The van der Waals surface area contributed by atoms with Crippen molar-refractivity contribution in [3.8, 4) is 0 Å². The van der Waals surface area contributed by atoms with Crippen molar-refractivity contribution in [2.75, 3.05) is 13.1 Å². The smallest absolute Gasteiger partial charge is 0.0653 e. The van der Waals surface area contributed by atoms with E-state index in [-0.39, 0.29) is 0 Å². The number of aryl methyl sites for hydroxylation is 1. The third-order valence-electron chi connectivity index (χ3n) is 6.94. The van der Waals surface area contributed by atoms with Gasteiger partial charge in [-0.25, -0.2) is 0 Å². The Morgan fingerprint density at radius 2 is 2.00 bits per heavy atom. The zero-order chi connectivity index (χ0) is 25.2. The molecular formula is C32H43N3. The summed E-state index contributed by atoms with van der Waals surface area (Å²) in [6.45, 7) is 20.9. The molecule has 1 unspecified atom stereocenters. The molecule has 1 atom stereocenters. The third kappa shape index (κ3) is 7.05. The number of benzene rings is 1. The lowest BCUT2D eigenvalue weighted by Gasteiger charge is -2.29.